The third kappa shape index (κ3) is 7.27. The van der Waals surface area contributed by atoms with Crippen molar-refractivity contribution in [3.63, 3.8) is 0 Å². The fraction of sp³-hybridized carbons (Fsp3) is 0.444. The molecular weight excluding hydrogens is 592 g/mol. The molecule has 0 unspecified atom stereocenters. The van der Waals surface area contributed by atoms with Gasteiger partial charge in [0.15, 0.2) is 11.4 Å². The minimum Gasteiger partial charge on any atom is -0.455 e. The number of carbonyl (C=O) groups is 3. The first-order valence-electron chi connectivity index (χ1n) is 12.0. The highest BCUT2D eigenvalue weighted by molar-refractivity contribution is 9.10. The number of ether oxygens (including phenoxy) is 3. The Morgan fingerprint density at radius 1 is 0.821 bits per heavy atom. The Balaban J connectivity index is 2.50. The van der Waals surface area contributed by atoms with Crippen LogP contribution in [0.1, 0.15) is 93.9 Å². The zero-order chi connectivity index (χ0) is 29.7. The molecule has 39 heavy (non-hydrogen) atoms. The first kappa shape index (κ1) is 30.4. The summed E-state index contributed by atoms with van der Waals surface area (Å²) in [6.45, 7) is 15.2. The number of carbonyl (C=O) groups excluding carboxylic acids is 3. The summed E-state index contributed by atoms with van der Waals surface area (Å²) in [5, 5.41) is 0.348. The van der Waals surface area contributed by atoms with Crippen LogP contribution in [0.25, 0.3) is 22.2 Å². The zero-order valence-corrected chi connectivity index (χ0v) is 25.7. The van der Waals surface area contributed by atoms with Crippen LogP contribution in [0.4, 0.5) is 0 Å². The average molecular weight is 624 g/mol. The molecule has 0 saturated carbocycles. The molecule has 2 N–H and O–H groups in total. The summed E-state index contributed by atoms with van der Waals surface area (Å²) in [4.78, 5) is 48.6. The molecule has 0 fully saturated rings. The number of hydrogen-bond acceptors (Lipinski definition) is 9. The summed E-state index contributed by atoms with van der Waals surface area (Å²) in [6.07, 6.45) is 0. The predicted molar refractivity (Wildman–Crippen MR) is 151 cm³/mol. The molecule has 0 atom stereocenters. The first-order chi connectivity index (χ1) is 17.7. The van der Waals surface area contributed by atoms with Crippen molar-refractivity contribution >= 4 is 56.5 Å². The smallest absolute Gasteiger partial charge is 0.376 e. The molecule has 0 saturated heterocycles. The van der Waals surface area contributed by atoms with Gasteiger partial charge in [-0.3, -0.25) is 4.68 Å². The van der Waals surface area contributed by atoms with Crippen LogP contribution in [0, 0.1) is 0 Å². The van der Waals surface area contributed by atoms with Crippen molar-refractivity contribution in [3.8, 4) is 11.1 Å². The van der Waals surface area contributed by atoms with Crippen LogP contribution in [-0.2, 0) is 14.2 Å². The van der Waals surface area contributed by atoms with Gasteiger partial charge in [0.2, 0.25) is 5.82 Å². The van der Waals surface area contributed by atoms with E-state index in [-0.39, 0.29) is 28.0 Å². The minimum atomic E-state index is -0.902. The minimum absolute atomic E-state index is 0.0317. The topological polar surface area (TPSA) is 136 Å². The molecule has 12 heteroatoms. The molecule has 3 aromatic rings. The first-order valence-corrected chi connectivity index (χ1v) is 13.2. The van der Waals surface area contributed by atoms with E-state index in [4.69, 9.17) is 31.7 Å². The van der Waals surface area contributed by atoms with Gasteiger partial charge in [-0.25, -0.2) is 24.4 Å². The molecule has 0 amide bonds. The molecule has 0 radical (unpaired) electrons. The van der Waals surface area contributed by atoms with Crippen LogP contribution in [0.5, 0.6) is 0 Å². The summed E-state index contributed by atoms with van der Waals surface area (Å²) in [5.74, 6) is 3.51. The quantitative estimate of drug-likeness (QED) is 0.208. The molecule has 3 rings (SSSR count). The summed E-state index contributed by atoms with van der Waals surface area (Å²) < 4.78 is 18.3. The third-order valence-electron chi connectivity index (χ3n) is 4.76. The highest BCUT2D eigenvalue weighted by Crippen LogP contribution is 2.38. The maximum absolute atomic E-state index is 13.5. The van der Waals surface area contributed by atoms with Gasteiger partial charge in [-0.15, -0.1) is 0 Å². The number of nitrogens with zero attached hydrogens (tertiary/aromatic N) is 3. The number of rotatable bonds is 4. The second-order valence-electron chi connectivity index (χ2n) is 11.9. The van der Waals surface area contributed by atoms with Crippen molar-refractivity contribution in [3.05, 3.63) is 44.9 Å². The van der Waals surface area contributed by atoms with Gasteiger partial charge in [0.05, 0.1) is 0 Å². The molecule has 0 bridgehead atoms. The van der Waals surface area contributed by atoms with Crippen LogP contribution in [0.3, 0.4) is 0 Å². The normalized spacial score (nSPS) is 12.4. The van der Waals surface area contributed by atoms with E-state index in [9.17, 15) is 14.4 Å². The molecule has 210 valence electrons. The Labute approximate surface area is 240 Å². The lowest BCUT2D eigenvalue weighted by atomic mass is 10.0. The Bertz CT molecular complexity index is 1460. The Kier molecular flexibility index (Phi) is 8.11. The number of nitrogen functional groups attached to an aromatic ring is 1. The van der Waals surface area contributed by atoms with E-state index in [0.29, 0.717) is 15.1 Å². The highest BCUT2D eigenvalue weighted by atomic mass is 79.9. The number of aromatic nitrogens is 3. The van der Waals surface area contributed by atoms with E-state index in [2.05, 4.69) is 25.9 Å². The maximum atomic E-state index is 13.5. The van der Waals surface area contributed by atoms with Crippen molar-refractivity contribution in [2.75, 3.05) is 5.84 Å². The van der Waals surface area contributed by atoms with Crippen LogP contribution in [0.2, 0.25) is 5.02 Å². The van der Waals surface area contributed by atoms with E-state index < -0.39 is 40.5 Å². The lowest BCUT2D eigenvalue weighted by Crippen LogP contribution is -2.29. The number of esters is 3. The van der Waals surface area contributed by atoms with Crippen LogP contribution in [-0.4, -0.2) is 49.4 Å². The molecule has 10 nitrogen and oxygen atoms in total. The summed E-state index contributed by atoms with van der Waals surface area (Å²) in [5.41, 5.74) is -2.50. The molecule has 2 heterocycles. The van der Waals surface area contributed by atoms with E-state index in [1.54, 1.807) is 80.5 Å². The Morgan fingerprint density at radius 3 is 1.85 bits per heavy atom. The van der Waals surface area contributed by atoms with Crippen LogP contribution in [0.15, 0.2) is 22.7 Å². The average Bonchev–Trinajstić information content (AvgIpc) is 3.01. The van der Waals surface area contributed by atoms with Gasteiger partial charge in [0, 0.05) is 15.1 Å². The number of halogens is 2. The van der Waals surface area contributed by atoms with Crippen molar-refractivity contribution in [2.24, 2.45) is 0 Å². The van der Waals surface area contributed by atoms with Gasteiger partial charge < -0.3 is 20.1 Å². The Morgan fingerprint density at radius 2 is 1.33 bits per heavy atom. The summed E-state index contributed by atoms with van der Waals surface area (Å²) in [6, 6.07) is 4.95. The number of hydrogen-bond donors (Lipinski definition) is 1. The van der Waals surface area contributed by atoms with Crippen LogP contribution < -0.4 is 5.84 Å². The van der Waals surface area contributed by atoms with Crippen molar-refractivity contribution in [1.29, 1.82) is 0 Å². The van der Waals surface area contributed by atoms with Gasteiger partial charge in [-0.1, -0.05) is 27.5 Å². The molecule has 0 spiro atoms. The van der Waals surface area contributed by atoms with Crippen molar-refractivity contribution in [1.82, 2.24) is 14.6 Å². The highest BCUT2D eigenvalue weighted by Gasteiger charge is 2.34. The standard InChI is InChI=1S/C27H32BrClN4O6/c1-25(2,3)37-22(34)18-20-17(31-21(32-18)24(36)39-27(7,8)9)16(13-10-14(28)12-15(29)11-13)19(33(20)30)23(35)38-26(4,5)6/h10-12H,30H2,1-9H3. The van der Waals surface area contributed by atoms with E-state index >= 15 is 0 Å². The van der Waals surface area contributed by atoms with E-state index in [1.165, 1.54) is 0 Å². The summed E-state index contributed by atoms with van der Waals surface area (Å²) >= 11 is 9.75. The van der Waals surface area contributed by atoms with Gasteiger partial charge in [0.1, 0.15) is 27.8 Å². The van der Waals surface area contributed by atoms with E-state index in [1.807, 2.05) is 0 Å². The largest absolute Gasteiger partial charge is 0.455 e. The molecule has 2 aromatic heterocycles. The second kappa shape index (κ2) is 10.4. The Hall–Kier alpha value is -3.18. The fourth-order valence-corrected chi connectivity index (χ4v) is 4.44. The van der Waals surface area contributed by atoms with E-state index in [0.717, 1.165) is 4.68 Å². The van der Waals surface area contributed by atoms with Gasteiger partial charge in [0.25, 0.3) is 0 Å². The van der Waals surface area contributed by atoms with Crippen molar-refractivity contribution in [2.45, 2.75) is 79.1 Å². The predicted octanol–water partition coefficient (Wildman–Crippen LogP) is 6.09. The van der Waals surface area contributed by atoms with Gasteiger partial charge in [-0.2, -0.15) is 0 Å². The molecule has 1 aromatic carbocycles. The fourth-order valence-electron chi connectivity index (χ4n) is 3.58. The van der Waals surface area contributed by atoms with Crippen LogP contribution >= 0.6 is 27.5 Å². The lowest BCUT2D eigenvalue weighted by Gasteiger charge is -2.21. The molecule has 0 aliphatic carbocycles. The molecule has 0 aliphatic rings. The maximum Gasteiger partial charge on any atom is 0.376 e. The lowest BCUT2D eigenvalue weighted by molar-refractivity contribution is 0.00377. The number of fused-ring (bicyclic) bond motifs is 1. The monoisotopic (exact) mass is 622 g/mol. The molecular formula is C27H32BrClN4O6. The number of benzene rings is 1. The third-order valence-corrected chi connectivity index (χ3v) is 5.43. The second-order valence-corrected chi connectivity index (χ2v) is 13.2. The zero-order valence-electron chi connectivity index (χ0n) is 23.4. The number of nitrogens with two attached hydrogens (primary N) is 1. The SMILES string of the molecule is CC(C)(C)OC(=O)c1nc(C(=O)OC(C)(C)C)c2c(n1)c(-c1cc(Cl)cc(Br)c1)c(C(=O)OC(C)(C)C)n2N. The van der Waals surface area contributed by atoms with Crippen molar-refractivity contribution < 1.29 is 28.6 Å². The van der Waals surface area contributed by atoms with Gasteiger partial charge >= 0.3 is 17.9 Å². The molecule has 0 aliphatic heterocycles. The summed E-state index contributed by atoms with van der Waals surface area (Å²) in [7, 11) is 0. The van der Waals surface area contributed by atoms with Gasteiger partial charge in [-0.05, 0) is 86.1 Å².